The maximum absolute atomic E-state index is 5.93. The van der Waals surface area contributed by atoms with Gasteiger partial charge in [0.15, 0.2) is 5.76 Å². The van der Waals surface area contributed by atoms with Crippen LogP contribution in [0.5, 0.6) is 0 Å². The van der Waals surface area contributed by atoms with Crippen LogP contribution in [0, 0.1) is 9.24 Å². The fourth-order valence-electron chi connectivity index (χ4n) is 1.20. The van der Waals surface area contributed by atoms with E-state index in [2.05, 4.69) is 42.5 Å². The molecule has 0 saturated carbocycles. The van der Waals surface area contributed by atoms with Crippen molar-refractivity contribution in [3.63, 3.8) is 0 Å². The van der Waals surface area contributed by atoms with E-state index in [9.17, 15) is 0 Å². The molecule has 0 N–H and O–H groups in total. The first-order valence-electron chi connectivity index (χ1n) is 5.98. The molecule has 1 rings (SSSR count). The topological polar surface area (TPSA) is 18.5 Å². The highest BCUT2D eigenvalue weighted by atomic mass is 35.6. The Morgan fingerprint density at radius 1 is 1.19 bits per heavy atom. The van der Waals surface area contributed by atoms with Crippen LogP contribution in [0.25, 0.3) is 0 Å². The zero-order valence-electron chi connectivity index (χ0n) is 10.6. The largest absolute Gasteiger partial charge is 0.791 e. The first kappa shape index (κ1) is 14.0. The Morgan fingerprint density at radius 2 is 1.81 bits per heavy atom. The molecule has 0 aromatic heterocycles. The fourth-order valence-corrected chi connectivity index (χ4v) is 3.85. The van der Waals surface area contributed by atoms with Gasteiger partial charge in [-0.2, -0.15) is 0 Å². The monoisotopic (exact) mass is 259 g/mol. The molecule has 0 bridgehead atoms. The lowest BCUT2D eigenvalue weighted by Gasteiger charge is -2.19. The van der Waals surface area contributed by atoms with E-state index in [-0.39, 0.29) is 12.2 Å². The molecule has 0 amide bonds. The predicted molar refractivity (Wildman–Crippen MR) is 65.0 cm³/mol. The average Bonchev–Trinajstić information content (AvgIpc) is 2.31. The molecule has 1 aliphatic heterocycles. The van der Waals surface area contributed by atoms with Crippen molar-refractivity contribution < 1.29 is 18.7 Å². The van der Waals surface area contributed by atoms with Crippen LogP contribution in [0.4, 0.5) is 0 Å². The van der Waals surface area contributed by atoms with Crippen molar-refractivity contribution in [3.05, 3.63) is 22.0 Å². The number of allylic oxidation sites excluding steroid dienone is 1. The number of halogens is 1. The van der Waals surface area contributed by atoms with Gasteiger partial charge >= 0.3 is 14.3 Å². The van der Waals surface area contributed by atoms with Crippen molar-refractivity contribution in [1.82, 2.24) is 0 Å². The quantitative estimate of drug-likeness (QED) is 0.683. The molecular weight excluding hydrogens is 239 g/mol. The van der Waals surface area contributed by atoms with Crippen LogP contribution >= 0.6 is 0 Å². The van der Waals surface area contributed by atoms with Gasteiger partial charge in [0.2, 0.25) is 0 Å². The maximum Gasteiger partial charge on any atom is 0.791 e. The first-order valence-corrected chi connectivity index (χ1v) is 9.26. The van der Waals surface area contributed by atoms with Gasteiger partial charge in [-0.1, -0.05) is 13.8 Å². The second-order valence-corrected chi connectivity index (χ2v) is 7.24. The second kappa shape index (κ2) is 7.27. The minimum absolute atomic E-state index is 0.264. The van der Waals surface area contributed by atoms with Crippen LogP contribution in [0.3, 0.4) is 0 Å². The average molecular weight is 260 g/mol. The third kappa shape index (κ3) is 4.41. The number of hydrogen-bond acceptors (Lipinski definition) is 2. The molecule has 1 heterocycles. The van der Waals surface area contributed by atoms with Gasteiger partial charge in [0.1, 0.15) is 10.2 Å². The van der Waals surface area contributed by atoms with E-state index in [1.165, 1.54) is 0 Å². The van der Waals surface area contributed by atoms with Gasteiger partial charge < -0.3 is 9.47 Å². The van der Waals surface area contributed by atoms with E-state index in [0.29, 0.717) is 0 Å². The van der Waals surface area contributed by atoms with Crippen LogP contribution in [0.15, 0.2) is 22.0 Å². The summed E-state index contributed by atoms with van der Waals surface area (Å²) in [6, 6.07) is 0. The summed E-state index contributed by atoms with van der Waals surface area (Å²) in [5.41, 5.74) is 2.08. The van der Waals surface area contributed by atoms with E-state index in [0.717, 1.165) is 23.2 Å². The minimum Gasteiger partial charge on any atom is -0.502 e. The molecule has 4 heteroatoms. The van der Waals surface area contributed by atoms with Gasteiger partial charge in [0, 0.05) is 6.08 Å². The molecule has 0 aromatic carbocycles. The van der Waals surface area contributed by atoms with E-state index in [1.807, 2.05) is 6.08 Å². The van der Waals surface area contributed by atoms with Gasteiger partial charge in [0.25, 0.3) is 0 Å². The third-order valence-corrected chi connectivity index (χ3v) is 5.54. The maximum atomic E-state index is 5.93. The van der Waals surface area contributed by atoms with Gasteiger partial charge in [0.05, 0.1) is 12.2 Å². The Morgan fingerprint density at radius 3 is 2.44 bits per heavy atom. The van der Waals surface area contributed by atoms with Crippen molar-refractivity contribution in [3.8, 4) is 0 Å². The normalized spacial score (nSPS) is 19.0. The Balaban J connectivity index is 2.67. The number of hydrogen-bond donors (Lipinski definition) is 0. The van der Waals surface area contributed by atoms with Crippen molar-refractivity contribution in [2.75, 3.05) is 0 Å². The highest BCUT2D eigenvalue weighted by Gasteiger charge is 2.30. The van der Waals surface area contributed by atoms with Crippen LogP contribution in [-0.4, -0.2) is 26.5 Å². The van der Waals surface area contributed by atoms with Gasteiger partial charge in [-0.05, 0) is 35.9 Å². The molecular formula is C12H21AlClO2+. The lowest BCUT2D eigenvalue weighted by atomic mass is 10.3. The minimum atomic E-state index is -0.421. The first-order chi connectivity index (χ1) is 7.67. The second-order valence-electron chi connectivity index (χ2n) is 4.04. The summed E-state index contributed by atoms with van der Waals surface area (Å²) in [5.74, 6) is 0.958. The van der Waals surface area contributed by atoms with Crippen molar-refractivity contribution in [2.24, 2.45) is 0 Å². The molecule has 1 aliphatic rings. The molecule has 90 valence electrons. The lowest BCUT2D eigenvalue weighted by molar-refractivity contribution is -0.435. The standard InChI is InChI=1S/C12H20ClO2.Al.H/c1-5-10(3)14-9-12(7-8-13)15-11(4)6-2;;/h7-8,10-11H,5-6H2,1-4H3;;/q;+1;. The zero-order chi connectivity index (χ0) is 12.0. The van der Waals surface area contributed by atoms with Gasteiger partial charge in [-0.25, -0.2) is 0 Å². The van der Waals surface area contributed by atoms with Crippen molar-refractivity contribution >= 4 is 14.3 Å². The molecule has 16 heavy (non-hydrogen) atoms. The lowest BCUT2D eigenvalue weighted by Crippen LogP contribution is -2.18. The van der Waals surface area contributed by atoms with E-state index in [1.54, 1.807) is 0 Å². The van der Waals surface area contributed by atoms with Gasteiger partial charge in [-0.15, -0.1) is 0 Å². The van der Waals surface area contributed by atoms with Crippen molar-refractivity contribution in [1.29, 1.82) is 0 Å². The molecule has 2 unspecified atom stereocenters. The summed E-state index contributed by atoms with van der Waals surface area (Å²) in [4.78, 5) is 0. The molecule has 0 spiro atoms. The number of rotatable bonds is 6. The summed E-state index contributed by atoms with van der Waals surface area (Å²) in [5, 5.41) is 0. The van der Waals surface area contributed by atoms with Crippen LogP contribution in [0.1, 0.15) is 40.5 Å². The van der Waals surface area contributed by atoms with E-state index < -0.39 is 14.3 Å². The Kier molecular flexibility index (Phi) is 6.35. The van der Waals surface area contributed by atoms with Crippen LogP contribution in [0.2, 0.25) is 0 Å². The Labute approximate surface area is 108 Å². The molecule has 0 fully saturated rings. The molecule has 2 atom stereocenters. The van der Waals surface area contributed by atoms with Crippen LogP contribution < -0.4 is 0 Å². The SMILES string of the molecule is CCC(C)OC1=[C](OC(C)CC)[AlH][Cl+]C=C1. The Bertz CT molecular complexity index is 276. The summed E-state index contributed by atoms with van der Waals surface area (Å²) < 4.78 is 12.9. The highest BCUT2D eigenvalue weighted by molar-refractivity contribution is 6.34. The molecule has 0 saturated heterocycles. The summed E-state index contributed by atoms with van der Waals surface area (Å²) >= 11 is -0.421. The zero-order valence-corrected chi connectivity index (χ0v) is 12.8. The third-order valence-electron chi connectivity index (χ3n) is 2.60. The summed E-state index contributed by atoms with van der Waals surface area (Å²) in [6.45, 7) is 8.48. The molecule has 0 aromatic rings. The molecule has 0 aliphatic carbocycles. The van der Waals surface area contributed by atoms with E-state index >= 15 is 0 Å². The Hall–Kier alpha value is -0.0975. The summed E-state index contributed by atoms with van der Waals surface area (Å²) in [6.07, 6.45) is 4.64. The predicted octanol–water partition coefficient (Wildman–Crippen LogP) is 2.75. The molecule has 0 radical (unpaired) electrons. The summed E-state index contributed by atoms with van der Waals surface area (Å²) in [7, 11) is 2.35. The van der Waals surface area contributed by atoms with Crippen molar-refractivity contribution in [2.45, 2.75) is 52.7 Å². The number of ether oxygens (including phenoxy) is 2. The fraction of sp³-hybridized carbons (Fsp3) is 0.667. The van der Waals surface area contributed by atoms with Crippen LogP contribution in [-0.2, 0) is 9.47 Å². The molecule has 2 nitrogen and oxygen atoms in total. The van der Waals surface area contributed by atoms with E-state index in [4.69, 9.17) is 9.47 Å². The highest BCUT2D eigenvalue weighted by Crippen LogP contribution is 2.19. The van der Waals surface area contributed by atoms with Gasteiger partial charge in [-0.3, -0.25) is 0 Å². The smallest absolute Gasteiger partial charge is 0.502 e.